The second-order valence-electron chi connectivity index (χ2n) is 5.81. The quantitative estimate of drug-likeness (QED) is 0.818. The molecule has 2 amide bonds. The minimum Gasteiger partial charge on any atom is -0.396 e. The lowest BCUT2D eigenvalue weighted by molar-refractivity contribution is 0.128. The van der Waals surface area contributed by atoms with Gasteiger partial charge in [0.25, 0.3) is 0 Å². The van der Waals surface area contributed by atoms with Crippen molar-refractivity contribution >= 4 is 17.8 Å². The highest BCUT2D eigenvalue weighted by atomic mass is 32.2. The monoisotopic (exact) mass is 322 g/mol. The van der Waals surface area contributed by atoms with Crippen LogP contribution < -0.4 is 5.32 Å². The van der Waals surface area contributed by atoms with Crippen LogP contribution in [0.5, 0.6) is 0 Å². The van der Waals surface area contributed by atoms with E-state index in [1.165, 1.54) is 4.90 Å². The summed E-state index contributed by atoms with van der Waals surface area (Å²) in [7, 11) is 0. The Labute approximate surface area is 137 Å². The molecule has 1 saturated heterocycles. The van der Waals surface area contributed by atoms with Gasteiger partial charge in [-0.3, -0.25) is 0 Å². The van der Waals surface area contributed by atoms with E-state index in [9.17, 15) is 9.90 Å². The molecule has 0 unspecified atom stereocenters. The molecule has 1 aromatic carbocycles. The highest BCUT2D eigenvalue weighted by molar-refractivity contribution is 7.99. The van der Waals surface area contributed by atoms with E-state index in [0.717, 1.165) is 30.7 Å². The topological polar surface area (TPSA) is 52.6 Å². The molecule has 0 spiro atoms. The van der Waals surface area contributed by atoms with E-state index in [0.29, 0.717) is 6.54 Å². The van der Waals surface area contributed by atoms with E-state index in [2.05, 4.69) is 36.5 Å². The Bertz CT molecular complexity index is 478. The number of rotatable bonds is 5. The minimum atomic E-state index is -0.0299. The summed E-state index contributed by atoms with van der Waals surface area (Å²) in [4.78, 5) is 15.4. The van der Waals surface area contributed by atoms with Crippen LogP contribution in [0.3, 0.4) is 0 Å². The second kappa shape index (κ2) is 8.44. The Balaban J connectivity index is 1.90. The fraction of sp³-hybridized carbons (Fsp3) is 0.588. The highest BCUT2D eigenvalue weighted by Gasteiger charge is 2.24. The normalized spacial score (nSPS) is 19.8. The number of likely N-dealkylation sites (tertiary alicyclic amines) is 1. The zero-order valence-corrected chi connectivity index (χ0v) is 14.2. The number of urea groups is 1. The van der Waals surface area contributed by atoms with Crippen molar-refractivity contribution in [3.05, 3.63) is 29.8 Å². The van der Waals surface area contributed by atoms with Gasteiger partial charge in [-0.1, -0.05) is 19.1 Å². The summed E-state index contributed by atoms with van der Waals surface area (Å²) in [5.74, 6) is 1.28. The van der Waals surface area contributed by atoms with Crippen LogP contribution >= 0.6 is 11.8 Å². The summed E-state index contributed by atoms with van der Waals surface area (Å²) >= 11 is 1.82. The summed E-state index contributed by atoms with van der Waals surface area (Å²) in [6.45, 7) is 5.74. The molecular weight excluding hydrogens is 296 g/mol. The van der Waals surface area contributed by atoms with Crippen LogP contribution in [0.25, 0.3) is 0 Å². The lowest BCUT2D eigenvalue weighted by atomic mass is 9.99. The Morgan fingerprint density at radius 3 is 2.82 bits per heavy atom. The number of aliphatic hydroxyl groups excluding tert-OH is 1. The number of piperidine rings is 1. The third-order valence-electron chi connectivity index (χ3n) is 4.10. The van der Waals surface area contributed by atoms with Crippen LogP contribution in [0, 0.1) is 5.92 Å². The van der Waals surface area contributed by atoms with Crippen molar-refractivity contribution in [2.24, 2.45) is 5.92 Å². The van der Waals surface area contributed by atoms with Crippen molar-refractivity contribution in [3.8, 4) is 0 Å². The molecule has 1 aromatic rings. The van der Waals surface area contributed by atoms with Gasteiger partial charge in [0.15, 0.2) is 0 Å². The third kappa shape index (κ3) is 4.65. The molecule has 0 aliphatic carbocycles. The standard InChI is InChI=1S/C17H26N2O2S/c1-3-22-16-8-6-15(7-9-16)13(2)18-17(21)19-10-4-5-14(11-19)12-20/h6-9,13-14,20H,3-5,10-12H2,1-2H3,(H,18,21)/t13-,14+/m0/s1. The zero-order chi connectivity index (χ0) is 15.9. The molecule has 1 aliphatic heterocycles. The molecule has 22 heavy (non-hydrogen) atoms. The number of nitrogens with zero attached hydrogens (tertiary/aromatic N) is 1. The average molecular weight is 322 g/mol. The van der Waals surface area contributed by atoms with E-state index in [1.807, 2.05) is 23.6 Å². The fourth-order valence-electron chi connectivity index (χ4n) is 2.78. The van der Waals surface area contributed by atoms with E-state index in [4.69, 9.17) is 0 Å². The number of amides is 2. The molecule has 122 valence electrons. The molecule has 1 fully saturated rings. The van der Waals surface area contributed by atoms with Gasteiger partial charge in [0.2, 0.25) is 0 Å². The zero-order valence-electron chi connectivity index (χ0n) is 13.4. The summed E-state index contributed by atoms with van der Waals surface area (Å²) < 4.78 is 0. The molecule has 5 heteroatoms. The Morgan fingerprint density at radius 1 is 1.45 bits per heavy atom. The Hall–Kier alpha value is -1.20. The predicted molar refractivity (Wildman–Crippen MR) is 91.2 cm³/mol. The van der Waals surface area contributed by atoms with Gasteiger partial charge in [0.1, 0.15) is 0 Å². The molecular formula is C17H26N2O2S. The van der Waals surface area contributed by atoms with Crippen LogP contribution in [-0.4, -0.2) is 41.5 Å². The number of hydrogen-bond donors (Lipinski definition) is 2. The van der Waals surface area contributed by atoms with Crippen LogP contribution in [0.2, 0.25) is 0 Å². The summed E-state index contributed by atoms with van der Waals surface area (Å²) in [6, 6.07) is 8.33. The van der Waals surface area contributed by atoms with E-state index in [1.54, 1.807) is 0 Å². The van der Waals surface area contributed by atoms with Gasteiger partial charge in [-0.15, -0.1) is 11.8 Å². The molecule has 1 heterocycles. The molecule has 2 N–H and O–H groups in total. The van der Waals surface area contributed by atoms with Gasteiger partial charge in [-0.05, 0) is 49.1 Å². The van der Waals surface area contributed by atoms with Crippen LogP contribution in [0.15, 0.2) is 29.2 Å². The number of carbonyl (C=O) groups is 1. The Morgan fingerprint density at radius 2 is 2.18 bits per heavy atom. The smallest absolute Gasteiger partial charge is 0.317 e. The van der Waals surface area contributed by atoms with E-state index < -0.39 is 0 Å². The van der Waals surface area contributed by atoms with Crippen molar-refractivity contribution in [2.75, 3.05) is 25.4 Å². The van der Waals surface area contributed by atoms with Crippen molar-refractivity contribution in [3.63, 3.8) is 0 Å². The van der Waals surface area contributed by atoms with Gasteiger partial charge >= 0.3 is 6.03 Å². The number of nitrogens with one attached hydrogen (secondary N) is 1. The molecule has 0 bridgehead atoms. The highest BCUT2D eigenvalue weighted by Crippen LogP contribution is 2.21. The van der Waals surface area contributed by atoms with Gasteiger partial charge in [0, 0.05) is 24.6 Å². The minimum absolute atomic E-state index is 0.0114. The first-order valence-corrected chi connectivity index (χ1v) is 9.01. The van der Waals surface area contributed by atoms with Crippen molar-refractivity contribution < 1.29 is 9.90 Å². The van der Waals surface area contributed by atoms with Crippen LogP contribution in [0.1, 0.15) is 38.3 Å². The maximum absolute atomic E-state index is 12.3. The molecule has 4 nitrogen and oxygen atoms in total. The lowest BCUT2D eigenvalue weighted by Crippen LogP contribution is -2.46. The van der Waals surface area contributed by atoms with Crippen molar-refractivity contribution in [1.29, 1.82) is 0 Å². The SMILES string of the molecule is CCSc1ccc([C@H](C)NC(=O)N2CCC[C@@H](CO)C2)cc1. The number of thioether (sulfide) groups is 1. The summed E-state index contributed by atoms with van der Waals surface area (Å²) in [5, 5.41) is 12.3. The predicted octanol–water partition coefficient (Wildman–Crippen LogP) is 3.27. The fourth-order valence-corrected chi connectivity index (χ4v) is 3.44. The molecule has 2 atom stereocenters. The molecule has 0 saturated carbocycles. The maximum atomic E-state index is 12.3. The summed E-state index contributed by atoms with van der Waals surface area (Å²) in [5.41, 5.74) is 1.12. The molecule has 0 radical (unpaired) electrons. The lowest BCUT2D eigenvalue weighted by Gasteiger charge is -2.32. The third-order valence-corrected chi connectivity index (χ3v) is 4.99. The number of aliphatic hydroxyl groups is 1. The average Bonchev–Trinajstić information content (AvgIpc) is 2.55. The van der Waals surface area contributed by atoms with Crippen molar-refractivity contribution in [2.45, 2.75) is 37.6 Å². The van der Waals surface area contributed by atoms with Gasteiger partial charge < -0.3 is 15.3 Å². The Kier molecular flexibility index (Phi) is 6.58. The second-order valence-corrected chi connectivity index (χ2v) is 7.15. The van der Waals surface area contributed by atoms with Crippen molar-refractivity contribution in [1.82, 2.24) is 10.2 Å². The maximum Gasteiger partial charge on any atom is 0.317 e. The van der Waals surface area contributed by atoms with Gasteiger partial charge in [-0.25, -0.2) is 4.79 Å². The largest absolute Gasteiger partial charge is 0.396 e. The van der Waals surface area contributed by atoms with Crippen LogP contribution in [-0.2, 0) is 0 Å². The first-order valence-electron chi connectivity index (χ1n) is 8.03. The number of hydrogen-bond acceptors (Lipinski definition) is 3. The first kappa shape index (κ1) is 17.2. The number of carbonyl (C=O) groups excluding carboxylic acids is 1. The van der Waals surface area contributed by atoms with Gasteiger partial charge in [-0.2, -0.15) is 0 Å². The number of benzene rings is 1. The molecule has 2 rings (SSSR count). The van der Waals surface area contributed by atoms with E-state index in [-0.39, 0.29) is 24.6 Å². The molecule has 0 aromatic heterocycles. The summed E-state index contributed by atoms with van der Waals surface area (Å²) in [6.07, 6.45) is 1.97. The van der Waals surface area contributed by atoms with Crippen LogP contribution in [0.4, 0.5) is 4.79 Å². The van der Waals surface area contributed by atoms with E-state index >= 15 is 0 Å². The van der Waals surface area contributed by atoms with Gasteiger partial charge in [0.05, 0.1) is 6.04 Å². The molecule has 1 aliphatic rings. The first-order chi connectivity index (χ1) is 10.6.